The normalized spacial score (nSPS) is 24.5. The quantitative estimate of drug-likeness (QED) is 0.885. The average molecular weight is 381 g/mol. The molecule has 1 unspecified atom stereocenters. The van der Waals surface area contributed by atoms with Crippen molar-refractivity contribution < 1.29 is 18.7 Å². The van der Waals surface area contributed by atoms with Crippen LogP contribution in [-0.2, 0) is 0 Å². The molecule has 2 bridgehead atoms. The van der Waals surface area contributed by atoms with Crippen molar-refractivity contribution in [3.8, 4) is 11.5 Å². The average Bonchev–Trinajstić information content (AvgIpc) is 3.03. The summed E-state index contributed by atoms with van der Waals surface area (Å²) in [6.07, 6.45) is 2.22. The minimum atomic E-state index is -0.0569. The number of ether oxygens (including phenoxy) is 2. The number of aryl methyl sites for hydroxylation is 1. The Labute approximate surface area is 159 Å². The molecule has 2 aromatic rings. The topological polar surface area (TPSA) is 77.9 Å². The number of nitrogens with two attached hydrogens (primary N) is 1. The van der Waals surface area contributed by atoms with Crippen molar-refractivity contribution in [3.63, 3.8) is 0 Å². The van der Waals surface area contributed by atoms with E-state index >= 15 is 0 Å². The molecule has 2 aliphatic rings. The van der Waals surface area contributed by atoms with Crippen molar-refractivity contribution in [3.05, 3.63) is 23.5 Å². The highest BCUT2D eigenvalue weighted by Gasteiger charge is 2.42. The van der Waals surface area contributed by atoms with Gasteiger partial charge < -0.3 is 24.5 Å². The van der Waals surface area contributed by atoms with E-state index in [1.165, 1.54) is 0 Å². The van der Waals surface area contributed by atoms with Gasteiger partial charge in [-0.3, -0.25) is 4.79 Å². The summed E-state index contributed by atoms with van der Waals surface area (Å²) in [6, 6.07) is 3.96. The predicted molar refractivity (Wildman–Crippen MR) is 101 cm³/mol. The predicted octanol–water partition coefficient (Wildman–Crippen LogP) is 2.99. The Morgan fingerprint density at radius 3 is 2.42 bits per heavy atom. The molecule has 6 nitrogen and oxygen atoms in total. The van der Waals surface area contributed by atoms with Crippen LogP contribution in [0.15, 0.2) is 16.5 Å². The highest BCUT2D eigenvalue weighted by atomic mass is 35.5. The molecule has 1 aliphatic carbocycles. The summed E-state index contributed by atoms with van der Waals surface area (Å²) >= 11 is 0. The molecular weight excluding hydrogens is 356 g/mol. The van der Waals surface area contributed by atoms with Crippen LogP contribution in [0, 0.1) is 18.8 Å². The van der Waals surface area contributed by atoms with Crippen LogP contribution in [0.1, 0.15) is 29.0 Å². The van der Waals surface area contributed by atoms with Crippen molar-refractivity contribution in [1.82, 2.24) is 4.90 Å². The maximum Gasteiger partial charge on any atom is 0.289 e. The molecule has 0 radical (unpaired) electrons. The minimum Gasteiger partial charge on any atom is -0.493 e. The zero-order valence-corrected chi connectivity index (χ0v) is 16.1. The van der Waals surface area contributed by atoms with E-state index in [-0.39, 0.29) is 24.4 Å². The Morgan fingerprint density at radius 2 is 1.85 bits per heavy atom. The number of halogens is 1. The van der Waals surface area contributed by atoms with E-state index in [1.807, 2.05) is 24.0 Å². The van der Waals surface area contributed by atoms with Crippen LogP contribution < -0.4 is 15.2 Å². The number of carbonyl (C=O) groups excluding carboxylic acids is 1. The fourth-order valence-electron chi connectivity index (χ4n) is 4.37. The molecule has 142 valence electrons. The van der Waals surface area contributed by atoms with Crippen LogP contribution >= 0.6 is 12.4 Å². The number of nitrogens with zero attached hydrogens (tertiary/aromatic N) is 1. The van der Waals surface area contributed by atoms with Gasteiger partial charge in [-0.1, -0.05) is 0 Å². The van der Waals surface area contributed by atoms with Gasteiger partial charge in [0, 0.05) is 30.1 Å². The fraction of sp³-hybridized carbons (Fsp3) is 0.526. The van der Waals surface area contributed by atoms with Gasteiger partial charge in [0.2, 0.25) is 5.75 Å². The van der Waals surface area contributed by atoms with Crippen molar-refractivity contribution in [1.29, 1.82) is 0 Å². The second-order valence-corrected chi connectivity index (χ2v) is 7.12. The van der Waals surface area contributed by atoms with E-state index in [4.69, 9.17) is 19.6 Å². The Hall–Kier alpha value is -1.92. The molecule has 7 heteroatoms. The molecule has 1 aliphatic heterocycles. The molecule has 2 N–H and O–H groups in total. The molecule has 0 spiro atoms. The number of amides is 1. The molecule has 3 atom stereocenters. The molecule has 4 rings (SSSR count). The summed E-state index contributed by atoms with van der Waals surface area (Å²) in [5.41, 5.74) is 7.65. The summed E-state index contributed by atoms with van der Waals surface area (Å²) in [7, 11) is 3.15. The minimum absolute atomic E-state index is 0. The van der Waals surface area contributed by atoms with Gasteiger partial charge in [-0.15, -0.1) is 12.4 Å². The Morgan fingerprint density at radius 1 is 1.19 bits per heavy atom. The maximum atomic E-state index is 13.1. The third-order valence-corrected chi connectivity index (χ3v) is 5.84. The number of furan rings is 1. The van der Waals surface area contributed by atoms with Crippen LogP contribution in [0.25, 0.3) is 11.0 Å². The molecule has 1 saturated heterocycles. The lowest BCUT2D eigenvalue weighted by atomic mass is 9.93. The largest absolute Gasteiger partial charge is 0.493 e. The van der Waals surface area contributed by atoms with Crippen LogP contribution in [0.2, 0.25) is 0 Å². The lowest BCUT2D eigenvalue weighted by molar-refractivity contribution is 0.0606. The van der Waals surface area contributed by atoms with Crippen LogP contribution in [0.3, 0.4) is 0 Å². The number of methoxy groups -OCH3 is 2. The Kier molecular flexibility index (Phi) is 5.08. The first kappa shape index (κ1) is 18.9. The number of fused-ring (bicyclic) bond motifs is 3. The Bertz CT molecular complexity index is 821. The molecule has 1 aromatic carbocycles. The molecular formula is C19H25ClN2O4. The summed E-state index contributed by atoms with van der Waals surface area (Å²) in [4.78, 5) is 15.0. The van der Waals surface area contributed by atoms with E-state index in [0.717, 1.165) is 23.8 Å². The highest BCUT2D eigenvalue weighted by molar-refractivity contribution is 6.01. The smallest absolute Gasteiger partial charge is 0.289 e. The monoisotopic (exact) mass is 380 g/mol. The van der Waals surface area contributed by atoms with Gasteiger partial charge in [0.05, 0.1) is 14.2 Å². The number of hydrogen-bond donors (Lipinski definition) is 1. The molecule has 2 heterocycles. The summed E-state index contributed by atoms with van der Waals surface area (Å²) in [6.45, 7) is 3.34. The first-order valence-electron chi connectivity index (χ1n) is 8.74. The first-order chi connectivity index (χ1) is 12.0. The second-order valence-electron chi connectivity index (χ2n) is 7.12. The fourth-order valence-corrected chi connectivity index (χ4v) is 4.37. The standard InChI is InChI=1S/C19H24N2O4.ClH/c1-10-13-6-7-14(23-2)18(24-3)17(13)25-16(10)19(22)21-8-11-4-5-12(9-21)15(11)20;/h6-7,11-12,15H,4-5,8-9,20H2,1-3H3;1H/t11-,12+,15?;. The first-order valence-corrected chi connectivity index (χ1v) is 8.74. The number of likely N-dealkylation sites (tertiary alicyclic amines) is 1. The van der Waals surface area contributed by atoms with Gasteiger partial charge in [-0.05, 0) is 43.7 Å². The van der Waals surface area contributed by atoms with Gasteiger partial charge in [0.25, 0.3) is 5.91 Å². The lowest BCUT2D eigenvalue weighted by Crippen LogP contribution is -2.50. The Balaban J connectivity index is 0.00000196. The molecule has 1 amide bonds. The zero-order chi connectivity index (χ0) is 17.7. The maximum absolute atomic E-state index is 13.1. The number of hydrogen-bond acceptors (Lipinski definition) is 5. The number of benzene rings is 1. The van der Waals surface area contributed by atoms with Gasteiger partial charge >= 0.3 is 0 Å². The molecule has 26 heavy (non-hydrogen) atoms. The van der Waals surface area contributed by atoms with E-state index in [9.17, 15) is 4.79 Å². The van der Waals surface area contributed by atoms with Gasteiger partial charge in [-0.25, -0.2) is 0 Å². The highest BCUT2D eigenvalue weighted by Crippen LogP contribution is 2.41. The second kappa shape index (κ2) is 7.00. The third-order valence-electron chi connectivity index (χ3n) is 5.84. The molecule has 1 aromatic heterocycles. The summed E-state index contributed by atoms with van der Waals surface area (Å²) < 4.78 is 16.7. The van der Waals surface area contributed by atoms with Crippen molar-refractivity contribution in [2.75, 3.05) is 27.3 Å². The molecule has 2 fully saturated rings. The van der Waals surface area contributed by atoms with Gasteiger partial charge in [0.1, 0.15) is 0 Å². The van der Waals surface area contributed by atoms with Crippen LogP contribution in [0.5, 0.6) is 11.5 Å². The van der Waals surface area contributed by atoms with E-state index in [2.05, 4.69) is 0 Å². The van der Waals surface area contributed by atoms with Gasteiger partial charge in [-0.2, -0.15) is 0 Å². The van der Waals surface area contributed by atoms with E-state index in [0.29, 0.717) is 47.8 Å². The third kappa shape index (κ3) is 2.72. The number of piperidine rings is 1. The van der Waals surface area contributed by atoms with Crippen LogP contribution in [-0.4, -0.2) is 44.2 Å². The summed E-state index contributed by atoms with van der Waals surface area (Å²) in [5.74, 6) is 2.24. The molecule has 1 saturated carbocycles. The van der Waals surface area contributed by atoms with Crippen LogP contribution in [0.4, 0.5) is 0 Å². The van der Waals surface area contributed by atoms with E-state index < -0.39 is 0 Å². The lowest BCUT2D eigenvalue weighted by Gasteiger charge is -2.35. The zero-order valence-electron chi connectivity index (χ0n) is 15.3. The van der Waals surface area contributed by atoms with Crippen molar-refractivity contribution in [2.24, 2.45) is 17.6 Å². The van der Waals surface area contributed by atoms with Crippen molar-refractivity contribution in [2.45, 2.75) is 25.8 Å². The van der Waals surface area contributed by atoms with E-state index in [1.54, 1.807) is 14.2 Å². The SMILES string of the molecule is COc1ccc2c(C)c(C(=O)N3C[C@H]4CC[C@@H](C3)C4N)oc2c1OC.Cl. The number of carbonyl (C=O) groups is 1. The number of rotatable bonds is 3. The van der Waals surface area contributed by atoms with Gasteiger partial charge in [0.15, 0.2) is 17.1 Å². The van der Waals surface area contributed by atoms with Crippen molar-refractivity contribution >= 4 is 29.3 Å². The summed E-state index contributed by atoms with van der Waals surface area (Å²) in [5, 5.41) is 0.873.